The quantitative estimate of drug-likeness (QED) is 0.660. The average molecular weight is 242 g/mol. The van der Waals surface area contributed by atoms with Gasteiger partial charge < -0.3 is 15.0 Å². The highest BCUT2D eigenvalue weighted by molar-refractivity contribution is 4.72. The summed E-state index contributed by atoms with van der Waals surface area (Å²) in [5.74, 6) is 0.835. The fourth-order valence-corrected chi connectivity index (χ4v) is 2.32. The maximum Gasteiger partial charge on any atom is 0.0480 e. The molecule has 0 spiro atoms. The lowest BCUT2D eigenvalue weighted by Gasteiger charge is -2.31. The maximum absolute atomic E-state index is 5.39. The van der Waals surface area contributed by atoms with E-state index in [2.05, 4.69) is 31.1 Å². The predicted octanol–water partition coefficient (Wildman–Crippen LogP) is 2.12. The zero-order valence-electron chi connectivity index (χ0n) is 11.9. The van der Waals surface area contributed by atoms with Crippen LogP contribution < -0.4 is 5.32 Å². The highest BCUT2D eigenvalue weighted by Gasteiger charge is 2.17. The van der Waals surface area contributed by atoms with Crippen LogP contribution in [0.2, 0.25) is 0 Å². The van der Waals surface area contributed by atoms with Crippen molar-refractivity contribution in [2.75, 3.05) is 39.9 Å². The van der Waals surface area contributed by atoms with Gasteiger partial charge >= 0.3 is 0 Å². The number of hydrogen-bond donors (Lipinski definition) is 1. The van der Waals surface area contributed by atoms with Crippen LogP contribution >= 0.6 is 0 Å². The van der Waals surface area contributed by atoms with E-state index in [0.29, 0.717) is 0 Å². The minimum absolute atomic E-state index is 0.737. The van der Waals surface area contributed by atoms with Gasteiger partial charge in [-0.25, -0.2) is 0 Å². The first-order chi connectivity index (χ1) is 8.20. The Morgan fingerprint density at radius 3 is 2.59 bits per heavy atom. The molecule has 1 heterocycles. The van der Waals surface area contributed by atoms with Gasteiger partial charge in [-0.05, 0) is 45.2 Å². The fraction of sp³-hybridized carbons (Fsp3) is 1.00. The molecule has 0 unspecified atom stereocenters. The molecule has 0 radical (unpaired) electrons. The first-order valence-electron chi connectivity index (χ1n) is 7.19. The van der Waals surface area contributed by atoms with E-state index in [9.17, 15) is 0 Å². The third kappa shape index (κ3) is 7.02. The number of likely N-dealkylation sites (N-methyl/N-ethyl adjacent to an activating group) is 1. The molecule has 1 aliphatic heterocycles. The molecule has 102 valence electrons. The molecular weight excluding hydrogens is 212 g/mol. The van der Waals surface area contributed by atoms with Gasteiger partial charge in [0.15, 0.2) is 0 Å². The normalized spacial score (nSPS) is 18.2. The Balaban J connectivity index is 1.94. The van der Waals surface area contributed by atoms with Crippen molar-refractivity contribution in [2.45, 2.75) is 45.6 Å². The number of hydrogen-bond acceptors (Lipinski definition) is 3. The van der Waals surface area contributed by atoms with E-state index in [1.807, 2.05) is 0 Å². The molecule has 0 atom stereocenters. The van der Waals surface area contributed by atoms with Gasteiger partial charge in [0, 0.05) is 32.3 Å². The zero-order valence-corrected chi connectivity index (χ0v) is 11.9. The van der Waals surface area contributed by atoms with Crippen molar-refractivity contribution in [3.8, 4) is 0 Å². The molecule has 1 saturated heterocycles. The van der Waals surface area contributed by atoms with Crippen LogP contribution in [0.5, 0.6) is 0 Å². The molecule has 0 bridgehead atoms. The summed E-state index contributed by atoms with van der Waals surface area (Å²) in [7, 11) is 2.24. The largest absolute Gasteiger partial charge is 0.381 e. The SMILES string of the molecule is CC(C)CCCNCCN(C)C1CCOCC1. The minimum atomic E-state index is 0.737. The van der Waals surface area contributed by atoms with E-state index in [0.717, 1.165) is 38.3 Å². The molecule has 3 heteroatoms. The van der Waals surface area contributed by atoms with Crippen LogP contribution in [-0.2, 0) is 4.74 Å². The lowest BCUT2D eigenvalue weighted by molar-refractivity contribution is 0.0434. The summed E-state index contributed by atoms with van der Waals surface area (Å²) in [5.41, 5.74) is 0. The van der Waals surface area contributed by atoms with Gasteiger partial charge in [-0.1, -0.05) is 13.8 Å². The van der Waals surface area contributed by atoms with Crippen LogP contribution in [0.25, 0.3) is 0 Å². The Hall–Kier alpha value is -0.120. The highest BCUT2D eigenvalue weighted by atomic mass is 16.5. The summed E-state index contributed by atoms with van der Waals surface area (Å²) in [6, 6.07) is 0.737. The molecule has 3 nitrogen and oxygen atoms in total. The van der Waals surface area contributed by atoms with Crippen LogP contribution in [0.3, 0.4) is 0 Å². The van der Waals surface area contributed by atoms with Crippen LogP contribution in [0.1, 0.15) is 39.5 Å². The first-order valence-corrected chi connectivity index (χ1v) is 7.19. The maximum atomic E-state index is 5.39. The molecule has 0 aromatic rings. The second-order valence-electron chi connectivity index (χ2n) is 5.61. The summed E-state index contributed by atoms with van der Waals surface area (Å²) < 4.78 is 5.39. The molecule has 1 aliphatic rings. The summed E-state index contributed by atoms with van der Waals surface area (Å²) >= 11 is 0. The molecule has 0 aromatic heterocycles. The van der Waals surface area contributed by atoms with Crippen molar-refractivity contribution >= 4 is 0 Å². The second kappa shape index (κ2) is 8.90. The lowest BCUT2D eigenvalue weighted by atomic mass is 10.1. The Bertz CT molecular complexity index is 179. The smallest absolute Gasteiger partial charge is 0.0480 e. The van der Waals surface area contributed by atoms with Gasteiger partial charge in [0.05, 0.1) is 0 Å². The van der Waals surface area contributed by atoms with Gasteiger partial charge in [-0.2, -0.15) is 0 Å². The molecule has 0 aromatic carbocycles. The molecular formula is C14H30N2O. The molecule has 0 saturated carbocycles. The van der Waals surface area contributed by atoms with Crippen molar-refractivity contribution < 1.29 is 4.74 Å². The van der Waals surface area contributed by atoms with Gasteiger partial charge in [0.2, 0.25) is 0 Å². The third-order valence-electron chi connectivity index (χ3n) is 3.59. The van der Waals surface area contributed by atoms with Gasteiger partial charge in [0.25, 0.3) is 0 Å². The van der Waals surface area contributed by atoms with Crippen molar-refractivity contribution in [1.82, 2.24) is 10.2 Å². The van der Waals surface area contributed by atoms with Crippen molar-refractivity contribution in [1.29, 1.82) is 0 Å². The van der Waals surface area contributed by atoms with Gasteiger partial charge in [-0.15, -0.1) is 0 Å². The predicted molar refractivity (Wildman–Crippen MR) is 73.4 cm³/mol. The summed E-state index contributed by atoms with van der Waals surface area (Å²) in [4.78, 5) is 2.48. The number of nitrogens with one attached hydrogen (secondary N) is 1. The Morgan fingerprint density at radius 2 is 1.94 bits per heavy atom. The van der Waals surface area contributed by atoms with E-state index < -0.39 is 0 Å². The Morgan fingerprint density at radius 1 is 1.24 bits per heavy atom. The monoisotopic (exact) mass is 242 g/mol. The second-order valence-corrected chi connectivity index (χ2v) is 5.61. The van der Waals surface area contributed by atoms with Crippen molar-refractivity contribution in [3.05, 3.63) is 0 Å². The summed E-state index contributed by atoms with van der Waals surface area (Å²) in [5, 5.41) is 3.54. The zero-order chi connectivity index (χ0) is 12.5. The molecule has 17 heavy (non-hydrogen) atoms. The fourth-order valence-electron chi connectivity index (χ4n) is 2.32. The minimum Gasteiger partial charge on any atom is -0.381 e. The average Bonchev–Trinajstić information content (AvgIpc) is 2.34. The number of rotatable bonds is 8. The number of nitrogens with zero attached hydrogens (tertiary/aromatic N) is 1. The molecule has 0 aliphatic carbocycles. The van der Waals surface area contributed by atoms with Crippen molar-refractivity contribution in [2.24, 2.45) is 5.92 Å². The Labute approximate surface area is 107 Å². The van der Waals surface area contributed by atoms with E-state index in [1.54, 1.807) is 0 Å². The van der Waals surface area contributed by atoms with E-state index in [4.69, 9.17) is 4.74 Å². The van der Waals surface area contributed by atoms with Crippen LogP contribution in [-0.4, -0.2) is 50.8 Å². The van der Waals surface area contributed by atoms with Crippen molar-refractivity contribution in [3.63, 3.8) is 0 Å². The van der Waals surface area contributed by atoms with E-state index in [-0.39, 0.29) is 0 Å². The van der Waals surface area contributed by atoms with E-state index in [1.165, 1.54) is 32.2 Å². The van der Waals surface area contributed by atoms with Crippen LogP contribution in [0, 0.1) is 5.92 Å². The van der Waals surface area contributed by atoms with Crippen LogP contribution in [0.15, 0.2) is 0 Å². The molecule has 1 rings (SSSR count). The van der Waals surface area contributed by atoms with Crippen LogP contribution in [0.4, 0.5) is 0 Å². The highest BCUT2D eigenvalue weighted by Crippen LogP contribution is 2.11. The standard InChI is InChI=1S/C14H30N2O/c1-13(2)5-4-8-15-9-10-16(3)14-6-11-17-12-7-14/h13-15H,4-12H2,1-3H3. The molecule has 1 N–H and O–H groups in total. The third-order valence-corrected chi connectivity index (χ3v) is 3.59. The van der Waals surface area contributed by atoms with Gasteiger partial charge in [-0.3, -0.25) is 0 Å². The summed E-state index contributed by atoms with van der Waals surface area (Å²) in [6.45, 7) is 9.91. The lowest BCUT2D eigenvalue weighted by Crippen LogP contribution is -2.40. The summed E-state index contributed by atoms with van der Waals surface area (Å²) in [6.07, 6.45) is 5.04. The molecule has 1 fully saturated rings. The Kier molecular flexibility index (Phi) is 7.82. The molecule has 0 amide bonds. The number of ether oxygens (including phenoxy) is 1. The van der Waals surface area contributed by atoms with Gasteiger partial charge in [0.1, 0.15) is 0 Å². The van der Waals surface area contributed by atoms with E-state index >= 15 is 0 Å². The first kappa shape index (κ1) is 14.9. The topological polar surface area (TPSA) is 24.5 Å².